The van der Waals surface area contributed by atoms with Gasteiger partial charge < -0.3 is 10.2 Å². The van der Waals surface area contributed by atoms with Crippen LogP contribution in [0.15, 0.2) is 54.6 Å². The number of rotatable bonds is 6. The highest BCUT2D eigenvalue weighted by Gasteiger charge is 2.26. The minimum atomic E-state index is -0.915. The van der Waals surface area contributed by atoms with Gasteiger partial charge in [0.2, 0.25) is 0 Å². The van der Waals surface area contributed by atoms with Gasteiger partial charge in [-0.1, -0.05) is 48.9 Å². The van der Waals surface area contributed by atoms with Gasteiger partial charge in [-0.25, -0.2) is 4.79 Å². The molecule has 3 N–H and O–H groups in total. The molecule has 4 rings (SSSR count). The van der Waals surface area contributed by atoms with Gasteiger partial charge in [0.15, 0.2) is 0 Å². The van der Waals surface area contributed by atoms with E-state index in [1.807, 2.05) is 30.3 Å². The van der Waals surface area contributed by atoms with Crippen LogP contribution in [0.4, 0.5) is 0 Å². The van der Waals surface area contributed by atoms with E-state index in [-0.39, 0.29) is 12.6 Å². The first-order valence-corrected chi connectivity index (χ1v) is 9.96. The van der Waals surface area contributed by atoms with E-state index >= 15 is 0 Å². The average molecular weight is 391 g/mol. The molecule has 6 heteroatoms. The molecule has 6 nitrogen and oxygen atoms in total. The van der Waals surface area contributed by atoms with Crippen LogP contribution in [0, 0.1) is 0 Å². The highest BCUT2D eigenvalue weighted by molar-refractivity contribution is 5.95. The molecule has 1 fully saturated rings. The highest BCUT2D eigenvalue weighted by Crippen LogP contribution is 2.32. The van der Waals surface area contributed by atoms with Crippen LogP contribution in [0.25, 0.3) is 11.1 Å². The van der Waals surface area contributed by atoms with Crippen LogP contribution in [0.5, 0.6) is 0 Å². The minimum Gasteiger partial charge on any atom is -0.478 e. The van der Waals surface area contributed by atoms with Crippen molar-refractivity contribution in [2.75, 3.05) is 6.54 Å². The zero-order valence-electron chi connectivity index (χ0n) is 16.2. The number of hydrogen-bond acceptors (Lipinski definition) is 4. The van der Waals surface area contributed by atoms with E-state index in [1.54, 1.807) is 12.1 Å². The van der Waals surface area contributed by atoms with E-state index in [4.69, 9.17) is 0 Å². The molecule has 29 heavy (non-hydrogen) atoms. The Bertz CT molecular complexity index is 981. The van der Waals surface area contributed by atoms with Gasteiger partial charge in [-0.15, -0.1) is 0 Å². The van der Waals surface area contributed by atoms with E-state index in [0.29, 0.717) is 5.56 Å². The number of nitrogens with zero attached hydrogens (tertiary/aromatic N) is 2. The van der Waals surface area contributed by atoms with Crippen molar-refractivity contribution in [1.82, 2.24) is 15.1 Å². The van der Waals surface area contributed by atoms with Crippen LogP contribution in [-0.4, -0.2) is 37.8 Å². The lowest BCUT2D eigenvalue weighted by Crippen LogP contribution is -2.33. The lowest BCUT2D eigenvalue weighted by molar-refractivity contribution is 0.0697. The quantitative estimate of drug-likeness (QED) is 0.591. The van der Waals surface area contributed by atoms with Crippen molar-refractivity contribution in [3.8, 4) is 11.1 Å². The van der Waals surface area contributed by atoms with Gasteiger partial charge in [0, 0.05) is 6.54 Å². The van der Waals surface area contributed by atoms with Gasteiger partial charge >= 0.3 is 5.97 Å². The summed E-state index contributed by atoms with van der Waals surface area (Å²) >= 11 is 0. The van der Waals surface area contributed by atoms with Crippen LogP contribution in [0.2, 0.25) is 0 Å². The number of carbonyl (C=O) groups is 1. The summed E-state index contributed by atoms with van der Waals surface area (Å²) < 4.78 is 0. The summed E-state index contributed by atoms with van der Waals surface area (Å²) in [6, 6.07) is 17.4. The molecule has 0 spiro atoms. The Labute approximate surface area is 169 Å². The Hall–Kier alpha value is -2.96. The number of piperidine rings is 1. The molecule has 0 bridgehead atoms. The van der Waals surface area contributed by atoms with Crippen molar-refractivity contribution in [2.45, 2.75) is 38.5 Å². The summed E-state index contributed by atoms with van der Waals surface area (Å²) in [5, 5.41) is 26.0. The van der Waals surface area contributed by atoms with E-state index in [1.165, 1.54) is 12.0 Å². The number of benzene rings is 2. The molecule has 1 aliphatic rings. The fourth-order valence-electron chi connectivity index (χ4n) is 4.09. The van der Waals surface area contributed by atoms with Crippen LogP contribution in [0.3, 0.4) is 0 Å². The van der Waals surface area contributed by atoms with Gasteiger partial charge in [0.05, 0.1) is 29.6 Å². The molecule has 2 heterocycles. The molecule has 0 saturated carbocycles. The van der Waals surface area contributed by atoms with E-state index in [2.05, 4.69) is 27.2 Å². The maximum absolute atomic E-state index is 11.5. The third kappa shape index (κ3) is 4.23. The molecule has 2 aromatic carbocycles. The third-order valence-electron chi connectivity index (χ3n) is 5.58. The van der Waals surface area contributed by atoms with Gasteiger partial charge in [-0.05, 0) is 48.2 Å². The summed E-state index contributed by atoms with van der Waals surface area (Å²) in [6.45, 7) is 1.79. The number of H-pyrrole nitrogens is 1. The molecule has 0 radical (unpaired) electrons. The van der Waals surface area contributed by atoms with Gasteiger partial charge in [0.25, 0.3) is 0 Å². The Balaban J connectivity index is 1.52. The highest BCUT2D eigenvalue weighted by atomic mass is 16.4. The maximum atomic E-state index is 11.5. The first-order valence-electron chi connectivity index (χ1n) is 9.96. The van der Waals surface area contributed by atoms with Crippen LogP contribution in [-0.2, 0) is 13.2 Å². The number of hydrogen-bond donors (Lipinski definition) is 3. The minimum absolute atomic E-state index is 0.0288. The SMILES string of the molecule is O=C(O)c1ccccc1-c1ccc(CN2CCCCC2c2cc(CO)[nH]n2)cc1. The second-order valence-electron chi connectivity index (χ2n) is 7.51. The summed E-state index contributed by atoms with van der Waals surface area (Å²) in [4.78, 5) is 13.9. The summed E-state index contributed by atoms with van der Waals surface area (Å²) in [6.07, 6.45) is 3.39. The smallest absolute Gasteiger partial charge is 0.336 e. The van der Waals surface area contributed by atoms with E-state index in [9.17, 15) is 15.0 Å². The Morgan fingerprint density at radius 1 is 1.14 bits per heavy atom. The number of aliphatic hydroxyl groups excluding tert-OH is 1. The third-order valence-corrected chi connectivity index (χ3v) is 5.58. The molecule has 0 aliphatic carbocycles. The fraction of sp³-hybridized carbons (Fsp3) is 0.304. The second-order valence-corrected chi connectivity index (χ2v) is 7.51. The van der Waals surface area contributed by atoms with Crippen molar-refractivity contribution in [2.24, 2.45) is 0 Å². The van der Waals surface area contributed by atoms with Gasteiger partial charge in [-0.3, -0.25) is 10.00 Å². The molecule has 1 saturated heterocycles. The second kappa shape index (κ2) is 8.59. The lowest BCUT2D eigenvalue weighted by atomic mass is 9.96. The number of aromatic nitrogens is 2. The van der Waals surface area contributed by atoms with Crippen LogP contribution >= 0.6 is 0 Å². The van der Waals surface area contributed by atoms with Crippen LogP contribution in [0.1, 0.15) is 52.6 Å². The summed E-state index contributed by atoms with van der Waals surface area (Å²) in [7, 11) is 0. The predicted octanol–water partition coefficient (Wildman–Crippen LogP) is 3.99. The number of nitrogens with one attached hydrogen (secondary N) is 1. The first kappa shape index (κ1) is 19.4. The molecule has 1 aliphatic heterocycles. The van der Waals surface area contributed by atoms with Gasteiger partial charge in [-0.2, -0.15) is 5.10 Å². The van der Waals surface area contributed by atoms with Crippen molar-refractivity contribution >= 4 is 5.97 Å². The molecular weight excluding hydrogens is 366 g/mol. The number of carboxylic acid groups (broad SMARTS) is 1. The maximum Gasteiger partial charge on any atom is 0.336 e. The predicted molar refractivity (Wildman–Crippen MR) is 110 cm³/mol. The standard InChI is InChI=1S/C23H25N3O3/c27-15-18-13-21(25-24-18)22-7-3-4-12-26(22)14-16-8-10-17(11-9-16)19-5-1-2-6-20(19)23(28)29/h1-2,5-6,8-11,13,22,27H,3-4,7,12,14-15H2,(H,24,25)(H,28,29). The number of aliphatic hydroxyl groups is 1. The van der Waals surface area contributed by atoms with Gasteiger partial charge in [0.1, 0.15) is 0 Å². The van der Waals surface area contributed by atoms with Crippen molar-refractivity contribution in [3.63, 3.8) is 0 Å². The van der Waals surface area contributed by atoms with E-state index < -0.39 is 5.97 Å². The Morgan fingerprint density at radius 3 is 2.66 bits per heavy atom. The molecule has 1 unspecified atom stereocenters. The average Bonchev–Trinajstić information content (AvgIpc) is 3.24. The Morgan fingerprint density at radius 2 is 1.93 bits per heavy atom. The Kier molecular flexibility index (Phi) is 5.74. The molecule has 0 amide bonds. The monoisotopic (exact) mass is 391 g/mol. The molecule has 150 valence electrons. The largest absolute Gasteiger partial charge is 0.478 e. The normalized spacial score (nSPS) is 17.3. The topological polar surface area (TPSA) is 89.5 Å². The molecule has 1 atom stereocenters. The zero-order chi connectivity index (χ0) is 20.2. The van der Waals surface area contributed by atoms with E-state index in [0.717, 1.165) is 48.4 Å². The molecular formula is C23H25N3O3. The summed E-state index contributed by atoms with van der Waals surface area (Å²) in [5.74, 6) is -0.915. The van der Waals surface area contributed by atoms with Crippen molar-refractivity contribution < 1.29 is 15.0 Å². The summed E-state index contributed by atoms with van der Waals surface area (Å²) in [5.41, 5.74) is 4.87. The van der Waals surface area contributed by atoms with Crippen LogP contribution < -0.4 is 0 Å². The first-order chi connectivity index (χ1) is 14.2. The lowest BCUT2D eigenvalue weighted by Gasteiger charge is -2.34. The number of aromatic carboxylic acids is 1. The zero-order valence-corrected chi connectivity index (χ0v) is 16.2. The number of likely N-dealkylation sites (tertiary alicyclic amines) is 1. The number of aromatic amines is 1. The fourth-order valence-corrected chi connectivity index (χ4v) is 4.09. The van der Waals surface area contributed by atoms with Crippen molar-refractivity contribution in [1.29, 1.82) is 0 Å². The molecule has 3 aromatic rings. The number of carboxylic acids is 1. The molecule has 1 aromatic heterocycles. The van der Waals surface area contributed by atoms with Crippen molar-refractivity contribution in [3.05, 3.63) is 77.1 Å².